The van der Waals surface area contributed by atoms with Crippen LogP contribution in [0.2, 0.25) is 0 Å². The molecule has 0 aromatic heterocycles. The van der Waals surface area contributed by atoms with Gasteiger partial charge in [-0.3, -0.25) is 8.57 Å². The molecule has 0 heterocycles. The first-order valence-corrected chi connectivity index (χ1v) is 10.2. The van der Waals surface area contributed by atoms with Gasteiger partial charge in [0.2, 0.25) is 0 Å². The average molecular weight is 398 g/mol. The summed E-state index contributed by atoms with van der Waals surface area (Å²) in [5, 5.41) is 25.0. The molecule has 0 fully saturated rings. The minimum Gasteiger partial charge on any atom is -0.267 e. The van der Waals surface area contributed by atoms with Gasteiger partial charge in [-0.05, 0) is 13.8 Å². The average Bonchev–Trinajstić information content (AvgIpc) is 2.63. The molecule has 0 saturated heterocycles. The zero-order chi connectivity index (χ0) is 19.8. The maximum atomic E-state index is 11.4. The van der Waals surface area contributed by atoms with Gasteiger partial charge in [-0.1, -0.05) is 34.6 Å². The highest BCUT2D eigenvalue weighted by Gasteiger charge is 2.17. The molecule has 0 N–H and O–H groups in total. The topological polar surface area (TPSA) is 159 Å². The lowest BCUT2D eigenvalue weighted by Crippen LogP contribution is -2.12. The number of rotatable bonds is 8. The van der Waals surface area contributed by atoms with Crippen LogP contribution in [0.15, 0.2) is 34.6 Å². The Labute approximate surface area is 151 Å². The monoisotopic (exact) mass is 398 g/mol. The van der Waals surface area contributed by atoms with Crippen molar-refractivity contribution in [1.29, 1.82) is 10.5 Å². The summed E-state index contributed by atoms with van der Waals surface area (Å²) < 4.78 is 54.2. The summed E-state index contributed by atoms with van der Waals surface area (Å²) in [7, 11) is -7.88. The van der Waals surface area contributed by atoms with E-state index in [1.807, 2.05) is 0 Å². The maximum Gasteiger partial charge on any atom is 0.328 e. The standard InChI is InChI=1S/C14H14N4O6S2/c1-3-25(19,20)23-17-13(9-15)11-7-5-6-8-12(11)14(10-16)18-24-26(21,22)4-2/h5-8H,3-4H2,1-2H3. The Kier molecular flexibility index (Phi) is 7.25. The number of nitriles is 2. The molecule has 1 rings (SSSR count). The van der Waals surface area contributed by atoms with Gasteiger partial charge in [0, 0.05) is 11.1 Å². The Morgan fingerprint density at radius 3 is 1.50 bits per heavy atom. The molecule has 0 bridgehead atoms. The van der Waals surface area contributed by atoms with Crippen molar-refractivity contribution < 1.29 is 25.4 Å². The molecule has 0 aliphatic carbocycles. The molecule has 0 radical (unpaired) electrons. The van der Waals surface area contributed by atoms with Crippen molar-refractivity contribution in [2.24, 2.45) is 10.3 Å². The zero-order valence-corrected chi connectivity index (χ0v) is 15.4. The quantitative estimate of drug-likeness (QED) is 0.460. The molecule has 1 aromatic rings. The van der Waals surface area contributed by atoms with Crippen molar-refractivity contribution in [2.75, 3.05) is 11.5 Å². The minimum atomic E-state index is -3.94. The summed E-state index contributed by atoms with van der Waals surface area (Å²) in [6.07, 6.45) is 0. The van der Waals surface area contributed by atoms with Crippen molar-refractivity contribution in [2.45, 2.75) is 13.8 Å². The van der Waals surface area contributed by atoms with Gasteiger partial charge in [0.25, 0.3) is 0 Å². The lowest BCUT2D eigenvalue weighted by atomic mass is 10.0. The van der Waals surface area contributed by atoms with E-state index in [1.54, 1.807) is 12.1 Å². The highest BCUT2D eigenvalue weighted by atomic mass is 32.2. The Bertz CT molecular complexity index is 931. The van der Waals surface area contributed by atoms with Crippen LogP contribution in [0, 0.1) is 22.7 Å². The smallest absolute Gasteiger partial charge is 0.267 e. The van der Waals surface area contributed by atoms with Gasteiger partial charge in [0.05, 0.1) is 11.5 Å². The summed E-state index contributed by atoms with van der Waals surface area (Å²) in [4.78, 5) is 0. The van der Waals surface area contributed by atoms with E-state index in [0.29, 0.717) is 0 Å². The molecule has 0 saturated carbocycles. The van der Waals surface area contributed by atoms with Crippen LogP contribution in [0.5, 0.6) is 0 Å². The van der Waals surface area contributed by atoms with E-state index < -0.39 is 31.7 Å². The molecule has 0 aliphatic heterocycles. The van der Waals surface area contributed by atoms with Crippen LogP contribution in [-0.2, 0) is 28.8 Å². The first-order valence-electron chi connectivity index (χ1n) is 7.08. The summed E-state index contributed by atoms with van der Waals surface area (Å²) in [5.74, 6) is -0.713. The third-order valence-electron chi connectivity index (χ3n) is 2.84. The summed E-state index contributed by atoms with van der Waals surface area (Å²) in [5.41, 5.74) is -0.865. The highest BCUT2D eigenvalue weighted by Crippen LogP contribution is 2.13. The molecule has 1 aromatic carbocycles. The first-order chi connectivity index (χ1) is 12.2. The maximum absolute atomic E-state index is 11.4. The van der Waals surface area contributed by atoms with Gasteiger partial charge < -0.3 is 0 Å². The fourth-order valence-electron chi connectivity index (χ4n) is 1.45. The minimum absolute atomic E-state index is 0.0131. The van der Waals surface area contributed by atoms with Gasteiger partial charge in [0.15, 0.2) is 11.4 Å². The van der Waals surface area contributed by atoms with Crippen LogP contribution in [0.1, 0.15) is 25.0 Å². The van der Waals surface area contributed by atoms with E-state index in [1.165, 1.54) is 38.1 Å². The van der Waals surface area contributed by atoms with Crippen molar-refractivity contribution in [3.05, 3.63) is 35.4 Å². The third-order valence-corrected chi connectivity index (χ3v) is 4.86. The van der Waals surface area contributed by atoms with Crippen LogP contribution in [0.25, 0.3) is 0 Å². The molecule has 0 aliphatic rings. The fourth-order valence-corrected chi connectivity index (χ4v) is 2.04. The second kappa shape index (κ2) is 8.94. The second-order valence-corrected chi connectivity index (χ2v) is 8.17. The van der Waals surface area contributed by atoms with Crippen molar-refractivity contribution in [1.82, 2.24) is 0 Å². The van der Waals surface area contributed by atoms with E-state index in [0.717, 1.165) is 0 Å². The molecule has 0 atom stereocenters. The van der Waals surface area contributed by atoms with E-state index in [9.17, 15) is 27.4 Å². The van der Waals surface area contributed by atoms with Gasteiger partial charge >= 0.3 is 20.2 Å². The van der Waals surface area contributed by atoms with Crippen molar-refractivity contribution >= 4 is 31.7 Å². The van der Waals surface area contributed by atoms with Crippen LogP contribution in [0.4, 0.5) is 0 Å². The Hall–Kier alpha value is -2.96. The number of nitrogens with zero attached hydrogens (tertiary/aromatic N) is 4. The van der Waals surface area contributed by atoms with Crippen LogP contribution < -0.4 is 0 Å². The lowest BCUT2D eigenvalue weighted by molar-refractivity contribution is 0.339. The Morgan fingerprint density at radius 2 is 1.23 bits per heavy atom. The van der Waals surface area contributed by atoms with Crippen LogP contribution >= 0.6 is 0 Å². The van der Waals surface area contributed by atoms with Gasteiger partial charge in [-0.15, -0.1) is 0 Å². The third kappa shape index (κ3) is 5.84. The zero-order valence-electron chi connectivity index (χ0n) is 13.8. The highest BCUT2D eigenvalue weighted by molar-refractivity contribution is 7.86. The molecular weight excluding hydrogens is 384 g/mol. The lowest BCUT2D eigenvalue weighted by Gasteiger charge is -2.06. The predicted octanol–water partition coefficient (Wildman–Crippen LogP) is 0.875. The van der Waals surface area contributed by atoms with Crippen LogP contribution in [-0.4, -0.2) is 39.8 Å². The van der Waals surface area contributed by atoms with Gasteiger partial charge in [0.1, 0.15) is 12.1 Å². The SMILES string of the molecule is CCS(=O)(=O)ON=C(C#N)c1ccccc1C(C#N)=NOS(=O)(=O)CC. The first kappa shape index (κ1) is 21.1. The fraction of sp³-hybridized carbons (Fsp3) is 0.286. The summed E-state index contributed by atoms with van der Waals surface area (Å²) >= 11 is 0. The number of hydrogen-bond donors (Lipinski definition) is 0. The van der Waals surface area contributed by atoms with Gasteiger partial charge in [-0.25, -0.2) is 0 Å². The normalized spacial score (nSPS) is 12.8. The molecular formula is C14H14N4O6S2. The molecule has 138 valence electrons. The molecule has 12 heteroatoms. The molecule has 26 heavy (non-hydrogen) atoms. The summed E-state index contributed by atoms with van der Waals surface area (Å²) in [6, 6.07) is 9.03. The molecule has 0 spiro atoms. The number of hydrogen-bond acceptors (Lipinski definition) is 10. The second-order valence-electron chi connectivity index (χ2n) is 4.49. The molecule has 0 amide bonds. The Morgan fingerprint density at radius 1 is 0.885 bits per heavy atom. The molecule has 10 nitrogen and oxygen atoms in total. The van der Waals surface area contributed by atoms with E-state index in [2.05, 4.69) is 18.9 Å². The summed E-state index contributed by atoms with van der Waals surface area (Å²) in [6.45, 7) is 2.66. The van der Waals surface area contributed by atoms with E-state index >= 15 is 0 Å². The Balaban J connectivity index is 3.41. The molecule has 0 unspecified atom stereocenters. The van der Waals surface area contributed by atoms with Crippen molar-refractivity contribution in [3.63, 3.8) is 0 Å². The van der Waals surface area contributed by atoms with Crippen LogP contribution in [0.3, 0.4) is 0 Å². The van der Waals surface area contributed by atoms with Gasteiger partial charge in [-0.2, -0.15) is 27.4 Å². The number of oxime groups is 2. The van der Waals surface area contributed by atoms with E-state index in [-0.39, 0.29) is 22.6 Å². The predicted molar refractivity (Wildman–Crippen MR) is 91.8 cm³/mol. The number of benzene rings is 1. The van der Waals surface area contributed by atoms with Crippen molar-refractivity contribution in [3.8, 4) is 12.1 Å². The van der Waals surface area contributed by atoms with E-state index in [4.69, 9.17) is 0 Å². The largest absolute Gasteiger partial charge is 0.328 e.